The number of benzene rings is 1. The molecule has 0 aromatic heterocycles. The van der Waals surface area contributed by atoms with Crippen molar-refractivity contribution < 1.29 is 9.90 Å². The second-order valence-corrected chi connectivity index (χ2v) is 4.30. The minimum Gasteiger partial charge on any atom is -0.390 e. The molecule has 1 aromatic carbocycles. The van der Waals surface area contributed by atoms with Gasteiger partial charge in [-0.25, -0.2) is 0 Å². The fourth-order valence-corrected chi connectivity index (χ4v) is 2.53. The Hall–Kier alpha value is -1.39. The molecule has 4 heteroatoms. The van der Waals surface area contributed by atoms with E-state index in [-0.39, 0.29) is 18.4 Å². The summed E-state index contributed by atoms with van der Waals surface area (Å²) in [6, 6.07) is 7.48. The second-order valence-electron chi connectivity index (χ2n) is 4.30. The fraction of sp³-hybridized carbons (Fsp3) is 0.462. The zero-order valence-corrected chi connectivity index (χ0v) is 9.97. The second kappa shape index (κ2) is 4.85. The van der Waals surface area contributed by atoms with Gasteiger partial charge >= 0.3 is 0 Å². The van der Waals surface area contributed by atoms with E-state index in [2.05, 4.69) is 0 Å². The Balaban J connectivity index is 2.40. The van der Waals surface area contributed by atoms with Crippen LogP contribution in [-0.4, -0.2) is 28.6 Å². The van der Waals surface area contributed by atoms with Crippen molar-refractivity contribution >= 4 is 5.91 Å². The topological polar surface area (TPSA) is 66.6 Å². The Labute approximate surface area is 101 Å². The summed E-state index contributed by atoms with van der Waals surface area (Å²) in [6.45, 7) is 2.96. The Morgan fingerprint density at radius 1 is 1.47 bits per heavy atom. The molecule has 17 heavy (non-hydrogen) atoms. The normalized spacial score (nSPS) is 24.4. The van der Waals surface area contributed by atoms with Gasteiger partial charge in [-0.2, -0.15) is 0 Å². The monoisotopic (exact) mass is 234 g/mol. The third kappa shape index (κ3) is 2.06. The maximum atomic E-state index is 11.7. The van der Waals surface area contributed by atoms with Crippen molar-refractivity contribution in [3.05, 3.63) is 35.4 Å². The molecule has 1 saturated heterocycles. The minimum atomic E-state index is -0.629. The average molecular weight is 234 g/mol. The maximum absolute atomic E-state index is 11.7. The number of nitrogens with zero attached hydrogens (tertiary/aromatic N) is 1. The molecule has 1 aromatic rings. The Morgan fingerprint density at radius 3 is 2.82 bits per heavy atom. The van der Waals surface area contributed by atoms with Crippen molar-refractivity contribution in [1.29, 1.82) is 0 Å². The first-order valence-corrected chi connectivity index (χ1v) is 5.94. The van der Waals surface area contributed by atoms with E-state index in [9.17, 15) is 9.90 Å². The molecule has 1 heterocycles. The van der Waals surface area contributed by atoms with Crippen molar-refractivity contribution in [2.45, 2.75) is 32.0 Å². The highest BCUT2D eigenvalue weighted by molar-refractivity contribution is 5.80. The van der Waals surface area contributed by atoms with E-state index in [4.69, 9.17) is 5.73 Å². The third-order valence-electron chi connectivity index (χ3n) is 3.34. The fourth-order valence-electron chi connectivity index (χ4n) is 2.53. The Bertz CT molecular complexity index is 420. The number of amides is 1. The van der Waals surface area contributed by atoms with Crippen LogP contribution in [0.1, 0.15) is 30.5 Å². The number of rotatable bonds is 3. The van der Waals surface area contributed by atoms with Crippen LogP contribution in [0, 0.1) is 0 Å². The molecule has 1 aliphatic rings. The van der Waals surface area contributed by atoms with Crippen molar-refractivity contribution in [2.75, 3.05) is 6.54 Å². The molecule has 92 valence electrons. The van der Waals surface area contributed by atoms with Crippen molar-refractivity contribution in [3.63, 3.8) is 0 Å². The molecule has 0 radical (unpaired) electrons. The summed E-state index contributed by atoms with van der Waals surface area (Å²) in [5.41, 5.74) is 7.66. The van der Waals surface area contributed by atoms with E-state index in [1.165, 1.54) is 0 Å². The summed E-state index contributed by atoms with van der Waals surface area (Å²) in [6.07, 6.45) is -0.424. The molecule has 0 saturated carbocycles. The van der Waals surface area contributed by atoms with Crippen LogP contribution >= 0.6 is 0 Å². The van der Waals surface area contributed by atoms with Crippen LogP contribution in [0.15, 0.2) is 24.3 Å². The molecule has 1 fully saturated rings. The van der Waals surface area contributed by atoms with Crippen LogP contribution in [0.4, 0.5) is 0 Å². The zero-order chi connectivity index (χ0) is 12.4. The number of hydrogen-bond donors (Lipinski definition) is 2. The van der Waals surface area contributed by atoms with Gasteiger partial charge in [-0.15, -0.1) is 0 Å². The number of aliphatic hydroxyl groups is 1. The van der Waals surface area contributed by atoms with Gasteiger partial charge in [0.05, 0.1) is 18.6 Å². The van der Waals surface area contributed by atoms with E-state index in [0.717, 1.165) is 11.1 Å². The van der Waals surface area contributed by atoms with Gasteiger partial charge < -0.3 is 15.7 Å². The number of aliphatic hydroxyl groups excluding tert-OH is 1. The first-order valence-electron chi connectivity index (χ1n) is 5.94. The van der Waals surface area contributed by atoms with Gasteiger partial charge in [0.15, 0.2) is 0 Å². The van der Waals surface area contributed by atoms with Crippen molar-refractivity contribution in [2.24, 2.45) is 5.73 Å². The van der Waals surface area contributed by atoms with Gasteiger partial charge in [0.2, 0.25) is 5.91 Å². The molecular weight excluding hydrogens is 216 g/mol. The van der Waals surface area contributed by atoms with E-state index in [1.807, 2.05) is 31.2 Å². The average Bonchev–Trinajstić information content (AvgIpc) is 2.63. The Kier molecular flexibility index (Phi) is 3.45. The van der Waals surface area contributed by atoms with E-state index < -0.39 is 6.10 Å². The standard InChI is InChI=1S/C13H18N2O2/c1-2-15-12(17)7-11(16)13(15)10-6-4-3-5-9(10)8-14/h3-6,11,13,16H,2,7-8,14H2,1H3. The first kappa shape index (κ1) is 12.1. The highest BCUT2D eigenvalue weighted by Crippen LogP contribution is 2.34. The summed E-state index contributed by atoms with van der Waals surface area (Å²) < 4.78 is 0. The van der Waals surface area contributed by atoms with Gasteiger partial charge in [-0.05, 0) is 18.1 Å². The quantitative estimate of drug-likeness (QED) is 0.813. The maximum Gasteiger partial charge on any atom is 0.225 e. The molecule has 2 rings (SSSR count). The third-order valence-corrected chi connectivity index (χ3v) is 3.34. The molecule has 2 atom stereocenters. The number of hydrogen-bond acceptors (Lipinski definition) is 3. The van der Waals surface area contributed by atoms with Gasteiger partial charge in [0.1, 0.15) is 0 Å². The molecule has 2 unspecified atom stereocenters. The van der Waals surface area contributed by atoms with E-state index in [1.54, 1.807) is 4.90 Å². The predicted molar refractivity (Wildman–Crippen MR) is 65.1 cm³/mol. The number of likely N-dealkylation sites (tertiary alicyclic amines) is 1. The van der Waals surface area contributed by atoms with Crippen LogP contribution in [0.25, 0.3) is 0 Å². The molecule has 3 N–H and O–H groups in total. The lowest BCUT2D eigenvalue weighted by molar-refractivity contribution is -0.128. The van der Waals surface area contributed by atoms with Crippen LogP contribution in [-0.2, 0) is 11.3 Å². The van der Waals surface area contributed by atoms with Gasteiger partial charge in [0, 0.05) is 13.1 Å². The summed E-state index contributed by atoms with van der Waals surface area (Å²) in [7, 11) is 0. The molecule has 1 amide bonds. The van der Waals surface area contributed by atoms with Crippen molar-refractivity contribution in [1.82, 2.24) is 4.90 Å². The first-order chi connectivity index (χ1) is 8.19. The largest absolute Gasteiger partial charge is 0.390 e. The zero-order valence-electron chi connectivity index (χ0n) is 9.97. The van der Waals surface area contributed by atoms with Crippen LogP contribution in [0.3, 0.4) is 0 Å². The summed E-state index contributed by atoms with van der Waals surface area (Å²) in [4.78, 5) is 13.5. The molecule has 0 spiro atoms. The van der Waals surface area contributed by atoms with E-state index >= 15 is 0 Å². The highest BCUT2D eigenvalue weighted by Gasteiger charge is 2.39. The van der Waals surface area contributed by atoms with Gasteiger partial charge in [-0.3, -0.25) is 4.79 Å². The predicted octanol–water partition coefficient (Wildman–Crippen LogP) is 0.800. The lowest BCUT2D eigenvalue weighted by Gasteiger charge is -2.27. The van der Waals surface area contributed by atoms with E-state index in [0.29, 0.717) is 13.1 Å². The summed E-state index contributed by atoms with van der Waals surface area (Å²) in [5.74, 6) is 0.0109. The number of carbonyl (C=O) groups is 1. The highest BCUT2D eigenvalue weighted by atomic mass is 16.3. The molecule has 0 bridgehead atoms. The van der Waals surface area contributed by atoms with Crippen LogP contribution in [0.2, 0.25) is 0 Å². The summed E-state index contributed by atoms with van der Waals surface area (Å²) in [5, 5.41) is 10.0. The number of carbonyl (C=O) groups excluding carboxylic acids is 1. The molecule has 4 nitrogen and oxygen atoms in total. The smallest absolute Gasteiger partial charge is 0.225 e. The van der Waals surface area contributed by atoms with Gasteiger partial charge in [-0.1, -0.05) is 24.3 Å². The van der Waals surface area contributed by atoms with Crippen LogP contribution < -0.4 is 5.73 Å². The lowest BCUT2D eigenvalue weighted by Crippen LogP contribution is -2.30. The SMILES string of the molecule is CCN1C(=O)CC(O)C1c1ccccc1CN. The lowest BCUT2D eigenvalue weighted by atomic mass is 9.97. The summed E-state index contributed by atoms with van der Waals surface area (Å²) >= 11 is 0. The Morgan fingerprint density at radius 2 is 2.18 bits per heavy atom. The van der Waals surface area contributed by atoms with Crippen LogP contribution in [0.5, 0.6) is 0 Å². The minimum absolute atomic E-state index is 0.0109. The molecule has 1 aliphatic heterocycles. The van der Waals surface area contributed by atoms with Gasteiger partial charge in [0.25, 0.3) is 0 Å². The molecular formula is C13H18N2O2. The number of likely N-dealkylation sites (N-methyl/N-ethyl adjacent to an activating group) is 1. The van der Waals surface area contributed by atoms with Crippen molar-refractivity contribution in [3.8, 4) is 0 Å². The number of nitrogens with two attached hydrogens (primary N) is 1. The molecule has 0 aliphatic carbocycles.